The van der Waals surface area contributed by atoms with Gasteiger partial charge >= 0.3 is 0 Å². The lowest BCUT2D eigenvalue weighted by molar-refractivity contribution is 0.0950. The highest BCUT2D eigenvalue weighted by Crippen LogP contribution is 2.24. The number of anilines is 2. The molecule has 3 aromatic carbocycles. The Kier molecular flexibility index (Phi) is 7.96. The first-order valence-electron chi connectivity index (χ1n) is 11.4. The van der Waals surface area contributed by atoms with Crippen LogP contribution >= 0.6 is 0 Å². The van der Waals surface area contributed by atoms with E-state index in [0.29, 0.717) is 29.0 Å². The summed E-state index contributed by atoms with van der Waals surface area (Å²) < 4.78 is 29.0. The molecule has 0 spiro atoms. The van der Waals surface area contributed by atoms with Gasteiger partial charge in [-0.05, 0) is 73.7 Å². The molecule has 0 bridgehead atoms. The van der Waals surface area contributed by atoms with Crippen molar-refractivity contribution in [1.82, 2.24) is 5.32 Å². The summed E-state index contributed by atoms with van der Waals surface area (Å²) in [6.45, 7) is 9.87. The summed E-state index contributed by atoms with van der Waals surface area (Å²) in [5.41, 5.74) is 3.55. The predicted octanol–water partition coefficient (Wildman–Crippen LogP) is 5.05. The van der Waals surface area contributed by atoms with Crippen LogP contribution in [0.3, 0.4) is 0 Å². The third-order valence-corrected chi connectivity index (χ3v) is 6.98. The van der Waals surface area contributed by atoms with Crippen LogP contribution in [-0.2, 0) is 10.0 Å². The molecule has 35 heavy (non-hydrogen) atoms. The Morgan fingerprint density at radius 1 is 0.829 bits per heavy atom. The lowest BCUT2D eigenvalue weighted by Gasteiger charge is -2.15. The average molecular weight is 494 g/mol. The van der Waals surface area contributed by atoms with Crippen LogP contribution in [-0.4, -0.2) is 26.8 Å². The Balaban J connectivity index is 1.87. The first-order valence-corrected chi connectivity index (χ1v) is 12.9. The molecule has 0 radical (unpaired) electrons. The minimum atomic E-state index is -3.94. The van der Waals surface area contributed by atoms with Crippen molar-refractivity contribution in [2.45, 2.75) is 39.5 Å². The second kappa shape index (κ2) is 10.7. The normalized spacial score (nSPS) is 11.3. The highest BCUT2D eigenvalue weighted by atomic mass is 32.2. The van der Waals surface area contributed by atoms with Crippen LogP contribution in [0.2, 0.25) is 0 Å². The zero-order valence-corrected chi connectivity index (χ0v) is 21.4. The molecule has 0 aliphatic rings. The lowest BCUT2D eigenvalue weighted by atomic mass is 10.1. The maximum Gasteiger partial charge on any atom is 0.262 e. The second-order valence-electron chi connectivity index (χ2n) is 9.01. The van der Waals surface area contributed by atoms with Gasteiger partial charge in [-0.3, -0.25) is 14.3 Å². The van der Waals surface area contributed by atoms with E-state index in [2.05, 4.69) is 15.4 Å². The van der Waals surface area contributed by atoms with Crippen molar-refractivity contribution in [3.05, 3.63) is 88.5 Å². The molecule has 184 valence electrons. The highest BCUT2D eigenvalue weighted by molar-refractivity contribution is 7.92. The number of amides is 2. The van der Waals surface area contributed by atoms with Crippen molar-refractivity contribution in [2.24, 2.45) is 5.92 Å². The van der Waals surface area contributed by atoms with E-state index in [-0.39, 0.29) is 22.3 Å². The van der Waals surface area contributed by atoms with Gasteiger partial charge in [-0.25, -0.2) is 8.42 Å². The van der Waals surface area contributed by atoms with Crippen molar-refractivity contribution >= 4 is 33.2 Å². The minimum Gasteiger partial charge on any atom is -0.352 e. The number of nitrogens with one attached hydrogen (secondary N) is 3. The van der Waals surface area contributed by atoms with Gasteiger partial charge < -0.3 is 10.6 Å². The van der Waals surface area contributed by atoms with Crippen LogP contribution in [0.5, 0.6) is 0 Å². The molecule has 3 N–H and O–H groups in total. The van der Waals surface area contributed by atoms with Gasteiger partial charge in [0.2, 0.25) is 0 Å². The fourth-order valence-electron chi connectivity index (χ4n) is 3.45. The van der Waals surface area contributed by atoms with Crippen molar-refractivity contribution in [2.75, 3.05) is 16.6 Å². The molecule has 0 saturated heterocycles. The number of hydrogen-bond acceptors (Lipinski definition) is 4. The van der Waals surface area contributed by atoms with E-state index in [4.69, 9.17) is 0 Å². The van der Waals surface area contributed by atoms with Gasteiger partial charge in [0.1, 0.15) is 0 Å². The number of carbonyl (C=O) groups is 2. The molecule has 0 aliphatic carbocycles. The molecule has 3 aromatic rings. The Labute approximate surface area is 207 Å². The van der Waals surface area contributed by atoms with Crippen LogP contribution in [0, 0.1) is 26.7 Å². The van der Waals surface area contributed by atoms with E-state index in [9.17, 15) is 18.0 Å². The molecule has 0 atom stereocenters. The van der Waals surface area contributed by atoms with E-state index in [0.717, 1.165) is 11.1 Å². The number of benzene rings is 3. The molecule has 0 aromatic heterocycles. The van der Waals surface area contributed by atoms with Crippen LogP contribution < -0.4 is 15.4 Å². The Hall–Kier alpha value is -3.65. The first kappa shape index (κ1) is 26.0. The fourth-order valence-corrected chi connectivity index (χ4v) is 4.85. The maximum absolute atomic E-state index is 13.2. The molecule has 8 heteroatoms. The predicted molar refractivity (Wildman–Crippen MR) is 139 cm³/mol. The minimum absolute atomic E-state index is 0.00835. The van der Waals surface area contributed by atoms with E-state index in [1.165, 1.54) is 6.07 Å². The molecular weight excluding hydrogens is 462 g/mol. The van der Waals surface area contributed by atoms with Crippen LogP contribution in [0.4, 0.5) is 11.4 Å². The summed E-state index contributed by atoms with van der Waals surface area (Å²) in [5.74, 6) is -0.525. The fraction of sp³-hybridized carbons (Fsp3) is 0.259. The van der Waals surface area contributed by atoms with E-state index >= 15 is 0 Å². The van der Waals surface area contributed by atoms with Crippen molar-refractivity contribution in [1.29, 1.82) is 0 Å². The third kappa shape index (κ3) is 6.48. The summed E-state index contributed by atoms with van der Waals surface area (Å²) in [6.07, 6.45) is 0. The van der Waals surface area contributed by atoms with Gasteiger partial charge in [0.05, 0.1) is 21.8 Å². The molecule has 0 saturated carbocycles. The quantitative estimate of drug-likeness (QED) is 0.408. The van der Waals surface area contributed by atoms with E-state index < -0.39 is 15.9 Å². The summed E-state index contributed by atoms with van der Waals surface area (Å²) >= 11 is 0. The van der Waals surface area contributed by atoms with Crippen molar-refractivity contribution < 1.29 is 18.0 Å². The standard InChI is InChI=1S/C27H31N3O4S/c1-17(2)16-28-27(32)22-8-6-7-9-23(22)29-26(31)21-13-12-20(5)25(15-21)35(33,34)30-24-14-18(3)10-11-19(24)4/h6-15,17,30H,16H2,1-5H3,(H,28,32)(H,29,31). The largest absolute Gasteiger partial charge is 0.352 e. The monoisotopic (exact) mass is 493 g/mol. The van der Waals surface area contributed by atoms with Gasteiger partial charge in [0, 0.05) is 12.1 Å². The van der Waals surface area contributed by atoms with Crippen LogP contribution in [0.25, 0.3) is 0 Å². The maximum atomic E-state index is 13.2. The molecule has 0 fully saturated rings. The number of hydrogen-bond donors (Lipinski definition) is 3. The van der Waals surface area contributed by atoms with Gasteiger partial charge in [-0.15, -0.1) is 0 Å². The molecular formula is C27H31N3O4S. The SMILES string of the molecule is Cc1ccc(C)c(NS(=O)(=O)c2cc(C(=O)Nc3ccccc3C(=O)NCC(C)C)ccc2C)c1. The Morgan fingerprint density at radius 3 is 2.23 bits per heavy atom. The molecule has 0 unspecified atom stereocenters. The second-order valence-corrected chi connectivity index (χ2v) is 10.7. The van der Waals surface area contributed by atoms with E-state index in [1.807, 2.05) is 39.8 Å². The van der Waals surface area contributed by atoms with Crippen molar-refractivity contribution in [3.63, 3.8) is 0 Å². The summed E-state index contributed by atoms with van der Waals surface area (Å²) in [5, 5.41) is 5.59. The average Bonchev–Trinajstić information content (AvgIpc) is 2.80. The Bertz CT molecular complexity index is 1360. The topological polar surface area (TPSA) is 104 Å². The van der Waals surface area contributed by atoms with Gasteiger partial charge in [0.25, 0.3) is 21.8 Å². The smallest absolute Gasteiger partial charge is 0.262 e. The first-order chi connectivity index (χ1) is 16.5. The zero-order chi connectivity index (χ0) is 25.8. The number of para-hydroxylation sites is 1. The van der Waals surface area contributed by atoms with Crippen molar-refractivity contribution in [3.8, 4) is 0 Å². The molecule has 3 rings (SSSR count). The van der Waals surface area contributed by atoms with Gasteiger partial charge in [0.15, 0.2) is 0 Å². The molecule has 0 heterocycles. The van der Waals surface area contributed by atoms with Crippen LogP contribution in [0.1, 0.15) is 51.3 Å². The molecule has 0 aliphatic heterocycles. The molecule has 2 amide bonds. The third-order valence-electron chi connectivity index (χ3n) is 5.47. The van der Waals surface area contributed by atoms with Gasteiger partial charge in [-0.2, -0.15) is 0 Å². The molecule has 7 nitrogen and oxygen atoms in total. The lowest BCUT2D eigenvalue weighted by Crippen LogP contribution is -2.28. The van der Waals surface area contributed by atoms with E-state index in [1.54, 1.807) is 49.4 Å². The number of carbonyl (C=O) groups excluding carboxylic acids is 2. The summed E-state index contributed by atoms with van der Waals surface area (Å²) in [4.78, 5) is 25.6. The zero-order valence-electron chi connectivity index (χ0n) is 20.6. The Morgan fingerprint density at radius 2 is 1.51 bits per heavy atom. The number of aryl methyl sites for hydroxylation is 3. The van der Waals surface area contributed by atoms with Crippen LogP contribution in [0.15, 0.2) is 65.6 Å². The number of rotatable bonds is 8. The highest BCUT2D eigenvalue weighted by Gasteiger charge is 2.21. The number of sulfonamides is 1. The van der Waals surface area contributed by atoms with Gasteiger partial charge in [-0.1, -0.05) is 44.2 Å². The summed E-state index contributed by atoms with van der Waals surface area (Å²) in [6, 6.07) is 16.7. The summed E-state index contributed by atoms with van der Waals surface area (Å²) in [7, 11) is -3.94.